The van der Waals surface area contributed by atoms with E-state index >= 15 is 0 Å². The van der Waals surface area contributed by atoms with Crippen molar-refractivity contribution in [3.63, 3.8) is 0 Å². The Morgan fingerprint density at radius 3 is 2.57 bits per heavy atom. The van der Waals surface area contributed by atoms with Crippen LogP contribution in [0.4, 0.5) is 5.95 Å². The Morgan fingerprint density at radius 2 is 1.87 bits per heavy atom. The lowest BCUT2D eigenvalue weighted by atomic mass is 10.2. The maximum atomic E-state index is 12.5. The van der Waals surface area contributed by atoms with E-state index in [1.165, 1.54) is 5.56 Å². The van der Waals surface area contributed by atoms with Crippen molar-refractivity contribution in [2.45, 2.75) is 26.3 Å². The maximum Gasteiger partial charge on any atom is 0.272 e. The Bertz CT molecular complexity index is 681. The second kappa shape index (κ2) is 6.77. The molecule has 1 aromatic heterocycles. The van der Waals surface area contributed by atoms with Crippen molar-refractivity contribution >= 4 is 11.9 Å². The topological polar surface area (TPSA) is 49.3 Å². The van der Waals surface area contributed by atoms with E-state index in [4.69, 9.17) is 0 Å². The monoisotopic (exact) mass is 310 g/mol. The van der Waals surface area contributed by atoms with E-state index in [-0.39, 0.29) is 5.91 Å². The first kappa shape index (κ1) is 15.5. The predicted octanol–water partition coefficient (Wildman–Crippen LogP) is 2.66. The lowest BCUT2D eigenvalue weighted by Crippen LogP contribution is -2.29. The van der Waals surface area contributed by atoms with E-state index in [0.717, 1.165) is 31.6 Å². The second-order valence-corrected chi connectivity index (χ2v) is 6.04. The van der Waals surface area contributed by atoms with Gasteiger partial charge >= 0.3 is 0 Å². The molecular formula is C18H22N4O. The molecule has 1 aliphatic rings. The third kappa shape index (κ3) is 3.67. The van der Waals surface area contributed by atoms with Crippen molar-refractivity contribution in [1.29, 1.82) is 0 Å². The van der Waals surface area contributed by atoms with Crippen molar-refractivity contribution in [2.24, 2.45) is 0 Å². The molecule has 1 aromatic carbocycles. The van der Waals surface area contributed by atoms with Gasteiger partial charge in [-0.1, -0.05) is 30.3 Å². The molecule has 2 aromatic rings. The summed E-state index contributed by atoms with van der Waals surface area (Å²) < 4.78 is 0. The Balaban J connectivity index is 1.80. The summed E-state index contributed by atoms with van der Waals surface area (Å²) in [5.74, 6) is 0.610. The van der Waals surface area contributed by atoms with E-state index in [1.807, 2.05) is 42.0 Å². The van der Waals surface area contributed by atoms with Gasteiger partial charge in [0.05, 0.1) is 0 Å². The number of aryl methyl sites for hydroxylation is 1. The van der Waals surface area contributed by atoms with Crippen LogP contribution >= 0.6 is 0 Å². The number of amides is 1. The number of benzene rings is 1. The number of hydrogen-bond acceptors (Lipinski definition) is 4. The Morgan fingerprint density at radius 1 is 1.17 bits per heavy atom. The van der Waals surface area contributed by atoms with Gasteiger partial charge in [0.15, 0.2) is 0 Å². The Hall–Kier alpha value is -2.43. The molecule has 23 heavy (non-hydrogen) atoms. The van der Waals surface area contributed by atoms with E-state index in [2.05, 4.69) is 22.1 Å². The van der Waals surface area contributed by atoms with Gasteiger partial charge in [-0.05, 0) is 31.4 Å². The standard InChI is InChI=1S/C18H22N4O/c1-14-12-16(17(23)22-10-6-7-11-22)20-18(19-14)21(2)13-15-8-4-3-5-9-15/h3-5,8-9,12H,6-7,10-11,13H2,1-2H3. The van der Waals surface area contributed by atoms with Crippen LogP contribution in [0.3, 0.4) is 0 Å². The molecule has 0 N–H and O–H groups in total. The fourth-order valence-electron chi connectivity index (χ4n) is 2.84. The normalized spacial score (nSPS) is 14.1. The zero-order valence-electron chi connectivity index (χ0n) is 13.7. The molecule has 1 aliphatic heterocycles. The number of hydrogen-bond donors (Lipinski definition) is 0. The summed E-state index contributed by atoms with van der Waals surface area (Å²) in [5, 5.41) is 0. The highest BCUT2D eigenvalue weighted by atomic mass is 16.2. The average molecular weight is 310 g/mol. The minimum absolute atomic E-state index is 0.0161. The third-order valence-electron chi connectivity index (χ3n) is 4.06. The first-order valence-electron chi connectivity index (χ1n) is 8.03. The zero-order valence-corrected chi connectivity index (χ0v) is 13.7. The van der Waals surface area contributed by atoms with Crippen LogP contribution in [0.1, 0.15) is 34.6 Å². The van der Waals surface area contributed by atoms with Crippen molar-refractivity contribution in [3.8, 4) is 0 Å². The summed E-state index contributed by atoms with van der Waals surface area (Å²) in [6.07, 6.45) is 2.16. The summed E-state index contributed by atoms with van der Waals surface area (Å²) in [6.45, 7) is 4.28. The lowest BCUT2D eigenvalue weighted by molar-refractivity contribution is 0.0787. The van der Waals surface area contributed by atoms with Crippen molar-refractivity contribution in [2.75, 3.05) is 25.0 Å². The number of nitrogens with zero attached hydrogens (tertiary/aromatic N) is 4. The number of likely N-dealkylation sites (tertiary alicyclic amines) is 1. The molecule has 0 radical (unpaired) electrons. The Kier molecular flexibility index (Phi) is 4.55. The molecule has 0 unspecified atom stereocenters. The van der Waals surface area contributed by atoms with E-state index in [9.17, 15) is 4.79 Å². The van der Waals surface area contributed by atoms with E-state index < -0.39 is 0 Å². The van der Waals surface area contributed by atoms with Gasteiger partial charge in [-0.25, -0.2) is 9.97 Å². The molecule has 120 valence electrons. The average Bonchev–Trinajstić information content (AvgIpc) is 3.09. The van der Waals surface area contributed by atoms with Gasteiger partial charge in [0, 0.05) is 32.4 Å². The van der Waals surface area contributed by atoms with Gasteiger partial charge in [0.1, 0.15) is 5.69 Å². The van der Waals surface area contributed by atoms with E-state index in [1.54, 1.807) is 6.07 Å². The summed E-state index contributed by atoms with van der Waals surface area (Å²) >= 11 is 0. The predicted molar refractivity (Wildman–Crippen MR) is 90.5 cm³/mol. The quantitative estimate of drug-likeness (QED) is 0.871. The fraction of sp³-hybridized carbons (Fsp3) is 0.389. The summed E-state index contributed by atoms with van der Waals surface area (Å²) in [4.78, 5) is 25.4. The van der Waals surface area contributed by atoms with Gasteiger partial charge in [-0.2, -0.15) is 0 Å². The second-order valence-electron chi connectivity index (χ2n) is 6.04. The van der Waals surface area contributed by atoms with Crippen LogP contribution in [-0.4, -0.2) is 40.9 Å². The van der Waals surface area contributed by atoms with Crippen molar-refractivity contribution in [3.05, 3.63) is 53.3 Å². The Labute approximate surface area is 137 Å². The molecule has 0 aliphatic carbocycles. The SMILES string of the molecule is Cc1cc(C(=O)N2CCCC2)nc(N(C)Cc2ccccc2)n1. The maximum absolute atomic E-state index is 12.5. The summed E-state index contributed by atoms with van der Waals surface area (Å²) in [6, 6.07) is 12.0. The molecule has 5 heteroatoms. The molecule has 1 saturated heterocycles. The fourth-order valence-corrected chi connectivity index (χ4v) is 2.84. The highest BCUT2D eigenvalue weighted by Crippen LogP contribution is 2.16. The highest BCUT2D eigenvalue weighted by Gasteiger charge is 2.22. The van der Waals surface area contributed by atoms with E-state index in [0.29, 0.717) is 18.2 Å². The number of rotatable bonds is 4. The van der Waals surface area contributed by atoms with Crippen molar-refractivity contribution in [1.82, 2.24) is 14.9 Å². The molecule has 5 nitrogen and oxygen atoms in total. The van der Waals surface area contributed by atoms with Crippen LogP contribution in [0, 0.1) is 6.92 Å². The van der Waals surface area contributed by atoms with Crippen LogP contribution in [0.2, 0.25) is 0 Å². The number of carbonyl (C=O) groups excluding carboxylic acids is 1. The van der Waals surface area contributed by atoms with Gasteiger partial charge in [0.25, 0.3) is 5.91 Å². The minimum atomic E-state index is 0.0161. The molecule has 0 spiro atoms. The molecule has 1 amide bonds. The summed E-state index contributed by atoms with van der Waals surface area (Å²) in [7, 11) is 1.95. The molecular weight excluding hydrogens is 288 g/mol. The van der Waals surface area contributed by atoms with Crippen LogP contribution in [0.15, 0.2) is 36.4 Å². The van der Waals surface area contributed by atoms with Gasteiger partial charge in [-0.3, -0.25) is 4.79 Å². The molecule has 1 fully saturated rings. The molecule has 3 rings (SSSR count). The number of anilines is 1. The molecule has 0 atom stereocenters. The largest absolute Gasteiger partial charge is 0.340 e. The minimum Gasteiger partial charge on any atom is -0.340 e. The first-order valence-corrected chi connectivity index (χ1v) is 8.03. The summed E-state index contributed by atoms with van der Waals surface area (Å²) in [5.41, 5.74) is 2.50. The van der Waals surface area contributed by atoms with Crippen LogP contribution < -0.4 is 4.90 Å². The van der Waals surface area contributed by atoms with Gasteiger partial charge in [0.2, 0.25) is 5.95 Å². The zero-order chi connectivity index (χ0) is 16.2. The van der Waals surface area contributed by atoms with Crippen molar-refractivity contribution < 1.29 is 4.79 Å². The van der Waals surface area contributed by atoms with Gasteiger partial charge < -0.3 is 9.80 Å². The molecule has 2 heterocycles. The number of aromatic nitrogens is 2. The highest BCUT2D eigenvalue weighted by molar-refractivity contribution is 5.92. The van der Waals surface area contributed by atoms with Gasteiger partial charge in [-0.15, -0.1) is 0 Å². The molecule has 0 saturated carbocycles. The number of carbonyl (C=O) groups is 1. The molecule has 0 bridgehead atoms. The first-order chi connectivity index (χ1) is 11.1. The smallest absolute Gasteiger partial charge is 0.272 e. The third-order valence-corrected chi connectivity index (χ3v) is 4.06. The van der Waals surface area contributed by atoms with Crippen LogP contribution in [0.5, 0.6) is 0 Å². The van der Waals surface area contributed by atoms with Crippen LogP contribution in [-0.2, 0) is 6.54 Å². The lowest BCUT2D eigenvalue weighted by Gasteiger charge is -2.20. The van der Waals surface area contributed by atoms with Crippen LogP contribution in [0.25, 0.3) is 0 Å².